The highest BCUT2D eigenvalue weighted by Crippen LogP contribution is 2.63. The second-order valence-corrected chi connectivity index (χ2v) is 12.4. The van der Waals surface area contributed by atoms with Crippen molar-refractivity contribution in [2.75, 3.05) is 0 Å². The molecule has 2 nitrogen and oxygen atoms in total. The van der Waals surface area contributed by atoms with Crippen LogP contribution >= 0.6 is 0 Å². The van der Waals surface area contributed by atoms with E-state index in [-0.39, 0.29) is 11.1 Å². The van der Waals surface area contributed by atoms with Gasteiger partial charge in [0.25, 0.3) is 0 Å². The Morgan fingerprint density at radius 2 is 1.48 bits per heavy atom. The van der Waals surface area contributed by atoms with Gasteiger partial charge in [0.15, 0.2) is 0 Å². The quantitative estimate of drug-likeness (QED) is 0.423. The predicted octanol–water partition coefficient (Wildman–Crippen LogP) is 7.69. The summed E-state index contributed by atoms with van der Waals surface area (Å²) in [5.41, 5.74) is 14.7. The summed E-state index contributed by atoms with van der Waals surface area (Å²) < 4.78 is 0. The lowest BCUT2D eigenvalue weighted by Crippen LogP contribution is -2.67. The normalized spacial score (nSPS) is 45.0. The SMILES string of the molecule is CCCC(C)C1CCC2C3C(C)CC4CCCCC4(N)C3CCC12N.CCCCCC. The molecule has 4 fully saturated rings. The first kappa shape index (κ1) is 25.5. The van der Waals surface area contributed by atoms with Crippen molar-refractivity contribution in [3.05, 3.63) is 0 Å². The summed E-state index contributed by atoms with van der Waals surface area (Å²) in [6, 6.07) is 0. The van der Waals surface area contributed by atoms with Gasteiger partial charge in [0, 0.05) is 11.1 Å². The summed E-state index contributed by atoms with van der Waals surface area (Å²) in [6.45, 7) is 11.8. The first-order valence-corrected chi connectivity index (χ1v) is 14.4. The standard InChI is InChI=1S/C23H42N2.C6H14/c1-4-7-15(2)18-9-10-19-21-16(3)14-17-8-5-6-12-22(17,24)20(21)11-13-23(18,19)25;1-3-5-6-4-2/h15-21H,4-14,24-25H2,1-3H3;3-6H2,1-2H3. The van der Waals surface area contributed by atoms with Crippen LogP contribution in [-0.2, 0) is 0 Å². The molecule has 0 aromatic rings. The topological polar surface area (TPSA) is 52.0 Å². The van der Waals surface area contributed by atoms with Gasteiger partial charge >= 0.3 is 0 Å². The van der Waals surface area contributed by atoms with E-state index < -0.39 is 0 Å². The number of unbranched alkanes of at least 4 members (excludes halogenated alkanes) is 3. The van der Waals surface area contributed by atoms with Crippen LogP contribution in [0.4, 0.5) is 0 Å². The molecule has 182 valence electrons. The molecule has 4 aliphatic rings. The first-order chi connectivity index (χ1) is 14.8. The van der Waals surface area contributed by atoms with E-state index in [1.165, 1.54) is 96.3 Å². The Morgan fingerprint density at radius 1 is 0.806 bits per heavy atom. The summed E-state index contributed by atoms with van der Waals surface area (Å²) >= 11 is 0. The molecule has 0 aromatic carbocycles. The number of hydrogen-bond donors (Lipinski definition) is 2. The van der Waals surface area contributed by atoms with Crippen LogP contribution in [0.1, 0.15) is 131 Å². The van der Waals surface area contributed by atoms with Gasteiger partial charge in [-0.15, -0.1) is 0 Å². The largest absolute Gasteiger partial charge is 0.325 e. The van der Waals surface area contributed by atoms with E-state index in [9.17, 15) is 0 Å². The molecule has 9 atom stereocenters. The zero-order chi connectivity index (χ0) is 22.6. The third-order valence-electron chi connectivity index (χ3n) is 10.6. The monoisotopic (exact) mass is 432 g/mol. The van der Waals surface area contributed by atoms with Gasteiger partial charge in [-0.25, -0.2) is 0 Å². The van der Waals surface area contributed by atoms with Crippen LogP contribution in [0.25, 0.3) is 0 Å². The average Bonchev–Trinajstić information content (AvgIpc) is 3.10. The third kappa shape index (κ3) is 4.91. The van der Waals surface area contributed by atoms with E-state index in [0.717, 1.165) is 41.4 Å². The van der Waals surface area contributed by atoms with Gasteiger partial charge in [-0.3, -0.25) is 0 Å². The van der Waals surface area contributed by atoms with Crippen LogP contribution in [0.5, 0.6) is 0 Å². The Kier molecular flexibility index (Phi) is 8.98. The Labute approximate surface area is 195 Å². The van der Waals surface area contributed by atoms with Gasteiger partial charge in [0.05, 0.1) is 0 Å². The van der Waals surface area contributed by atoms with E-state index in [0.29, 0.717) is 0 Å². The van der Waals surface area contributed by atoms with Gasteiger partial charge in [-0.2, -0.15) is 0 Å². The Bertz CT molecular complexity index is 543. The highest BCUT2D eigenvalue weighted by Gasteiger charge is 2.62. The maximum absolute atomic E-state index is 7.28. The number of nitrogens with two attached hydrogens (primary N) is 2. The van der Waals surface area contributed by atoms with Gasteiger partial charge in [0.2, 0.25) is 0 Å². The molecule has 0 spiro atoms. The van der Waals surface area contributed by atoms with Crippen molar-refractivity contribution in [2.24, 2.45) is 52.9 Å². The molecule has 9 unspecified atom stereocenters. The van der Waals surface area contributed by atoms with Gasteiger partial charge in [0.1, 0.15) is 0 Å². The van der Waals surface area contributed by atoms with Crippen molar-refractivity contribution in [3.63, 3.8) is 0 Å². The van der Waals surface area contributed by atoms with Crippen LogP contribution < -0.4 is 11.5 Å². The minimum Gasteiger partial charge on any atom is -0.325 e. The summed E-state index contributed by atoms with van der Waals surface area (Å²) in [4.78, 5) is 0. The minimum absolute atomic E-state index is 0.113. The van der Waals surface area contributed by atoms with Gasteiger partial charge < -0.3 is 11.5 Å². The lowest BCUT2D eigenvalue weighted by atomic mass is 9.46. The smallest absolute Gasteiger partial charge is 0.0217 e. The molecule has 0 aromatic heterocycles. The molecule has 4 N–H and O–H groups in total. The van der Waals surface area contributed by atoms with E-state index in [2.05, 4.69) is 34.6 Å². The van der Waals surface area contributed by atoms with Crippen molar-refractivity contribution in [3.8, 4) is 0 Å². The highest BCUT2D eigenvalue weighted by molar-refractivity contribution is 5.16. The van der Waals surface area contributed by atoms with Crippen molar-refractivity contribution >= 4 is 0 Å². The summed E-state index contributed by atoms with van der Waals surface area (Å²) in [6.07, 6.45) is 20.3. The molecule has 0 aliphatic heterocycles. The molecular formula is C29H56N2. The van der Waals surface area contributed by atoms with Crippen molar-refractivity contribution in [2.45, 2.75) is 142 Å². The second kappa shape index (κ2) is 10.9. The molecule has 2 heteroatoms. The maximum atomic E-state index is 7.28. The molecule has 0 radical (unpaired) electrons. The molecule has 0 saturated heterocycles. The fraction of sp³-hybridized carbons (Fsp3) is 1.00. The Balaban J connectivity index is 0.000000401. The molecule has 4 aliphatic carbocycles. The number of fused-ring (bicyclic) bond motifs is 5. The average molecular weight is 433 g/mol. The molecule has 0 amide bonds. The van der Waals surface area contributed by atoms with Crippen LogP contribution in [0.15, 0.2) is 0 Å². The van der Waals surface area contributed by atoms with E-state index in [1.54, 1.807) is 0 Å². The van der Waals surface area contributed by atoms with Gasteiger partial charge in [-0.1, -0.05) is 86.0 Å². The third-order valence-corrected chi connectivity index (χ3v) is 10.6. The Hall–Kier alpha value is -0.0800. The van der Waals surface area contributed by atoms with E-state index in [4.69, 9.17) is 11.5 Å². The van der Waals surface area contributed by atoms with E-state index >= 15 is 0 Å². The van der Waals surface area contributed by atoms with Gasteiger partial charge in [-0.05, 0) is 86.4 Å². The second-order valence-electron chi connectivity index (χ2n) is 12.4. The number of rotatable bonds is 6. The first-order valence-electron chi connectivity index (χ1n) is 14.4. The van der Waals surface area contributed by atoms with Crippen LogP contribution in [0.2, 0.25) is 0 Å². The summed E-state index contributed by atoms with van der Waals surface area (Å²) in [5, 5.41) is 0. The number of hydrogen-bond acceptors (Lipinski definition) is 2. The Morgan fingerprint density at radius 3 is 2.13 bits per heavy atom. The molecular weight excluding hydrogens is 376 g/mol. The van der Waals surface area contributed by atoms with Crippen molar-refractivity contribution < 1.29 is 0 Å². The predicted molar refractivity (Wildman–Crippen MR) is 136 cm³/mol. The van der Waals surface area contributed by atoms with Crippen LogP contribution in [0, 0.1) is 41.4 Å². The lowest BCUT2D eigenvalue weighted by Gasteiger charge is -2.62. The van der Waals surface area contributed by atoms with Crippen LogP contribution in [-0.4, -0.2) is 11.1 Å². The fourth-order valence-corrected chi connectivity index (χ4v) is 9.09. The van der Waals surface area contributed by atoms with Crippen molar-refractivity contribution in [1.82, 2.24) is 0 Å². The lowest BCUT2D eigenvalue weighted by molar-refractivity contribution is -0.0832. The highest BCUT2D eigenvalue weighted by atomic mass is 14.9. The zero-order valence-corrected chi connectivity index (χ0v) is 21.8. The molecule has 0 bridgehead atoms. The maximum Gasteiger partial charge on any atom is 0.0217 e. The fourth-order valence-electron chi connectivity index (χ4n) is 9.09. The molecule has 4 saturated carbocycles. The molecule has 0 heterocycles. The zero-order valence-electron chi connectivity index (χ0n) is 21.8. The van der Waals surface area contributed by atoms with Crippen LogP contribution in [0.3, 0.4) is 0 Å². The molecule has 31 heavy (non-hydrogen) atoms. The summed E-state index contributed by atoms with van der Waals surface area (Å²) in [7, 11) is 0. The molecule has 4 rings (SSSR count). The van der Waals surface area contributed by atoms with Crippen molar-refractivity contribution in [1.29, 1.82) is 0 Å². The summed E-state index contributed by atoms with van der Waals surface area (Å²) in [5.74, 6) is 5.47. The minimum atomic E-state index is 0.113. The van der Waals surface area contributed by atoms with E-state index in [1.807, 2.05) is 0 Å².